The van der Waals surface area contributed by atoms with E-state index in [-0.39, 0.29) is 11.5 Å². The molecule has 0 atom stereocenters. The van der Waals surface area contributed by atoms with E-state index in [0.29, 0.717) is 22.8 Å². The Morgan fingerprint density at radius 2 is 1.47 bits per heavy atom. The van der Waals surface area contributed by atoms with Crippen molar-refractivity contribution in [1.29, 1.82) is 0 Å². The standard InChI is InChI=1S/C14H10N2O3/c17-11-5-1-3-9(7-11)13-15-14(19-16-13)10-4-2-6-12(18)8-10/h1-8,17-18H. The number of benzene rings is 2. The Balaban J connectivity index is 2.00. The highest BCUT2D eigenvalue weighted by atomic mass is 16.5. The summed E-state index contributed by atoms with van der Waals surface area (Å²) in [4.78, 5) is 4.23. The van der Waals surface area contributed by atoms with Gasteiger partial charge in [-0.1, -0.05) is 23.4 Å². The minimum absolute atomic E-state index is 0.134. The maximum Gasteiger partial charge on any atom is 0.258 e. The number of phenols is 2. The summed E-state index contributed by atoms with van der Waals surface area (Å²) < 4.78 is 5.15. The molecule has 0 aliphatic heterocycles. The van der Waals surface area contributed by atoms with Crippen molar-refractivity contribution < 1.29 is 14.7 Å². The van der Waals surface area contributed by atoms with E-state index < -0.39 is 0 Å². The topological polar surface area (TPSA) is 79.4 Å². The largest absolute Gasteiger partial charge is 0.508 e. The molecule has 5 nitrogen and oxygen atoms in total. The zero-order valence-electron chi connectivity index (χ0n) is 9.82. The Kier molecular flexibility index (Phi) is 2.64. The Labute approximate surface area is 108 Å². The van der Waals surface area contributed by atoms with Gasteiger partial charge in [-0.3, -0.25) is 0 Å². The van der Waals surface area contributed by atoms with Crippen LogP contribution in [0.5, 0.6) is 11.5 Å². The minimum atomic E-state index is 0.134. The first-order valence-corrected chi connectivity index (χ1v) is 5.65. The SMILES string of the molecule is Oc1cccc(-c2noc(-c3cccc(O)c3)n2)c1. The average Bonchev–Trinajstić information content (AvgIpc) is 2.88. The van der Waals surface area contributed by atoms with Crippen molar-refractivity contribution in [3.63, 3.8) is 0 Å². The molecular formula is C14H10N2O3. The van der Waals surface area contributed by atoms with Gasteiger partial charge in [0.1, 0.15) is 11.5 Å². The van der Waals surface area contributed by atoms with Gasteiger partial charge in [-0.05, 0) is 30.3 Å². The van der Waals surface area contributed by atoms with Crippen molar-refractivity contribution in [3.8, 4) is 34.3 Å². The molecule has 0 spiro atoms. The lowest BCUT2D eigenvalue weighted by atomic mass is 10.2. The quantitative estimate of drug-likeness (QED) is 0.735. The maximum atomic E-state index is 9.42. The smallest absolute Gasteiger partial charge is 0.258 e. The fourth-order valence-electron chi connectivity index (χ4n) is 1.74. The summed E-state index contributed by atoms with van der Waals surface area (Å²) in [7, 11) is 0. The van der Waals surface area contributed by atoms with Crippen LogP contribution >= 0.6 is 0 Å². The molecule has 3 aromatic rings. The van der Waals surface area contributed by atoms with Crippen LogP contribution in [0.2, 0.25) is 0 Å². The number of nitrogens with zero attached hydrogens (tertiary/aromatic N) is 2. The average molecular weight is 254 g/mol. The molecule has 0 bridgehead atoms. The van der Waals surface area contributed by atoms with E-state index in [0.717, 1.165) is 0 Å². The van der Waals surface area contributed by atoms with E-state index in [1.54, 1.807) is 48.5 Å². The van der Waals surface area contributed by atoms with Crippen LogP contribution in [-0.4, -0.2) is 20.4 Å². The lowest BCUT2D eigenvalue weighted by Crippen LogP contribution is -1.81. The fraction of sp³-hybridized carbons (Fsp3) is 0. The lowest BCUT2D eigenvalue weighted by Gasteiger charge is -1.95. The van der Waals surface area contributed by atoms with Crippen molar-refractivity contribution in [3.05, 3.63) is 48.5 Å². The van der Waals surface area contributed by atoms with E-state index >= 15 is 0 Å². The molecule has 5 heteroatoms. The third kappa shape index (κ3) is 2.26. The highest BCUT2D eigenvalue weighted by Gasteiger charge is 2.11. The molecule has 0 fully saturated rings. The highest BCUT2D eigenvalue weighted by molar-refractivity contribution is 5.61. The van der Waals surface area contributed by atoms with Crippen LogP contribution in [0.4, 0.5) is 0 Å². The maximum absolute atomic E-state index is 9.42. The van der Waals surface area contributed by atoms with Gasteiger partial charge in [-0.2, -0.15) is 4.98 Å². The first kappa shape index (κ1) is 11.3. The van der Waals surface area contributed by atoms with Crippen molar-refractivity contribution in [2.45, 2.75) is 0 Å². The zero-order valence-corrected chi connectivity index (χ0v) is 9.82. The number of aromatic nitrogens is 2. The van der Waals surface area contributed by atoms with Gasteiger partial charge in [0, 0.05) is 11.1 Å². The van der Waals surface area contributed by atoms with Crippen LogP contribution in [-0.2, 0) is 0 Å². The second kappa shape index (κ2) is 4.45. The van der Waals surface area contributed by atoms with Crippen LogP contribution < -0.4 is 0 Å². The Morgan fingerprint density at radius 3 is 2.16 bits per heavy atom. The predicted octanol–water partition coefficient (Wildman–Crippen LogP) is 2.81. The summed E-state index contributed by atoms with van der Waals surface area (Å²) in [5.74, 6) is 0.972. The third-order valence-corrected chi connectivity index (χ3v) is 2.62. The number of hydrogen-bond acceptors (Lipinski definition) is 5. The van der Waals surface area contributed by atoms with Crippen LogP contribution in [0.1, 0.15) is 0 Å². The van der Waals surface area contributed by atoms with E-state index in [4.69, 9.17) is 4.52 Å². The highest BCUT2D eigenvalue weighted by Crippen LogP contribution is 2.25. The molecule has 1 aromatic heterocycles. The molecule has 0 radical (unpaired) electrons. The Morgan fingerprint density at radius 1 is 0.842 bits per heavy atom. The van der Waals surface area contributed by atoms with Crippen LogP contribution in [0.15, 0.2) is 53.1 Å². The van der Waals surface area contributed by atoms with E-state index in [9.17, 15) is 10.2 Å². The number of hydrogen-bond donors (Lipinski definition) is 2. The number of phenolic OH excluding ortho intramolecular Hbond substituents is 2. The summed E-state index contributed by atoms with van der Waals surface area (Å²) in [5, 5.41) is 22.7. The van der Waals surface area contributed by atoms with E-state index in [1.165, 1.54) is 0 Å². The Bertz CT molecular complexity index is 662. The molecule has 94 valence electrons. The second-order valence-corrected chi connectivity index (χ2v) is 4.02. The van der Waals surface area contributed by atoms with Gasteiger partial charge in [0.05, 0.1) is 0 Å². The van der Waals surface area contributed by atoms with Gasteiger partial charge in [-0.25, -0.2) is 0 Å². The lowest BCUT2D eigenvalue weighted by molar-refractivity contribution is 0.431. The monoisotopic (exact) mass is 254 g/mol. The Hall–Kier alpha value is -2.82. The van der Waals surface area contributed by atoms with Gasteiger partial charge in [0.25, 0.3) is 5.89 Å². The first-order valence-electron chi connectivity index (χ1n) is 5.65. The molecule has 0 aliphatic rings. The van der Waals surface area contributed by atoms with Gasteiger partial charge in [-0.15, -0.1) is 0 Å². The zero-order chi connectivity index (χ0) is 13.2. The molecule has 19 heavy (non-hydrogen) atoms. The normalized spacial score (nSPS) is 10.5. The minimum Gasteiger partial charge on any atom is -0.508 e. The van der Waals surface area contributed by atoms with Crippen molar-refractivity contribution >= 4 is 0 Å². The first-order chi connectivity index (χ1) is 9.22. The van der Waals surface area contributed by atoms with Gasteiger partial charge in [0.15, 0.2) is 0 Å². The van der Waals surface area contributed by atoms with Crippen LogP contribution in [0, 0.1) is 0 Å². The van der Waals surface area contributed by atoms with Crippen molar-refractivity contribution in [1.82, 2.24) is 10.1 Å². The summed E-state index contributed by atoms with van der Waals surface area (Å²) in [6.07, 6.45) is 0. The van der Waals surface area contributed by atoms with E-state index in [2.05, 4.69) is 10.1 Å². The number of aromatic hydroxyl groups is 2. The molecule has 2 N–H and O–H groups in total. The van der Waals surface area contributed by atoms with Gasteiger partial charge < -0.3 is 14.7 Å². The molecule has 0 aliphatic carbocycles. The van der Waals surface area contributed by atoms with E-state index in [1.807, 2.05) is 0 Å². The summed E-state index contributed by atoms with van der Waals surface area (Å²) in [5.41, 5.74) is 1.30. The molecule has 0 saturated heterocycles. The predicted molar refractivity (Wildman–Crippen MR) is 68.5 cm³/mol. The summed E-state index contributed by atoms with van der Waals surface area (Å²) in [6.45, 7) is 0. The molecule has 0 saturated carbocycles. The molecule has 2 aromatic carbocycles. The van der Waals surface area contributed by atoms with Gasteiger partial charge >= 0.3 is 0 Å². The molecule has 0 amide bonds. The molecule has 3 rings (SSSR count). The van der Waals surface area contributed by atoms with Crippen LogP contribution in [0.3, 0.4) is 0 Å². The molecule has 0 unspecified atom stereocenters. The summed E-state index contributed by atoms with van der Waals surface area (Å²) >= 11 is 0. The van der Waals surface area contributed by atoms with Crippen LogP contribution in [0.25, 0.3) is 22.8 Å². The number of rotatable bonds is 2. The fourth-order valence-corrected chi connectivity index (χ4v) is 1.74. The third-order valence-electron chi connectivity index (χ3n) is 2.62. The van der Waals surface area contributed by atoms with Gasteiger partial charge in [0.2, 0.25) is 5.82 Å². The van der Waals surface area contributed by atoms with Crippen molar-refractivity contribution in [2.75, 3.05) is 0 Å². The summed E-state index contributed by atoms with van der Waals surface area (Å²) in [6, 6.07) is 13.2. The molecular weight excluding hydrogens is 244 g/mol. The van der Waals surface area contributed by atoms with Crippen molar-refractivity contribution in [2.24, 2.45) is 0 Å². The second-order valence-electron chi connectivity index (χ2n) is 4.02. The molecule has 1 heterocycles.